The highest BCUT2D eigenvalue weighted by molar-refractivity contribution is 5.76. The van der Waals surface area contributed by atoms with Gasteiger partial charge < -0.3 is 10.2 Å². The molecule has 2 amide bonds. The first-order valence-electron chi connectivity index (χ1n) is 12.2. The molecule has 1 saturated carbocycles. The number of nitrogens with one attached hydrogen (secondary N) is 1. The van der Waals surface area contributed by atoms with Crippen molar-refractivity contribution in [3.8, 4) is 0 Å². The number of carbonyl (C=O) groups excluding carboxylic acids is 1. The van der Waals surface area contributed by atoms with E-state index in [1.807, 2.05) is 11.0 Å². The Kier molecular flexibility index (Phi) is 5.18. The summed E-state index contributed by atoms with van der Waals surface area (Å²) in [6.45, 7) is 4.76. The largest absolute Gasteiger partial charge is 0.337 e. The summed E-state index contributed by atoms with van der Waals surface area (Å²) in [5.41, 5.74) is 5.42. The van der Waals surface area contributed by atoms with Crippen molar-refractivity contribution in [2.45, 2.75) is 25.4 Å². The molecule has 33 heavy (non-hydrogen) atoms. The van der Waals surface area contributed by atoms with E-state index in [0.717, 1.165) is 39.1 Å². The molecule has 6 rings (SSSR count). The summed E-state index contributed by atoms with van der Waals surface area (Å²) in [5.74, 6) is 0.716. The number of hydrogen-bond acceptors (Lipinski definition) is 2. The molecule has 2 heterocycles. The molecule has 1 aliphatic carbocycles. The van der Waals surface area contributed by atoms with E-state index in [9.17, 15) is 4.79 Å². The third-order valence-corrected chi connectivity index (χ3v) is 7.88. The minimum atomic E-state index is -0.0261. The Hall–Kier alpha value is -3.11. The van der Waals surface area contributed by atoms with Gasteiger partial charge in [-0.15, -0.1) is 0 Å². The Morgan fingerprint density at radius 1 is 0.939 bits per heavy atom. The molecular formula is C29H31N3O. The van der Waals surface area contributed by atoms with E-state index in [-0.39, 0.29) is 17.5 Å². The lowest BCUT2D eigenvalue weighted by Crippen LogP contribution is -2.47. The SMILES string of the molecule is O=C(NCC12CC1CN(Cc1ccccc1)C2)N1CCc2ccccc2C1c1ccccc1. The average Bonchev–Trinajstić information content (AvgIpc) is 3.43. The van der Waals surface area contributed by atoms with Crippen LogP contribution in [0.4, 0.5) is 4.79 Å². The molecule has 3 aromatic rings. The van der Waals surface area contributed by atoms with Gasteiger partial charge in [0.1, 0.15) is 0 Å². The van der Waals surface area contributed by atoms with Crippen molar-refractivity contribution >= 4 is 6.03 Å². The van der Waals surface area contributed by atoms with Gasteiger partial charge >= 0.3 is 6.03 Å². The average molecular weight is 438 g/mol. The highest BCUT2D eigenvalue weighted by atomic mass is 16.2. The zero-order chi connectivity index (χ0) is 22.3. The second-order valence-electron chi connectivity index (χ2n) is 10.0. The standard InChI is InChI=1S/C29H31N3O/c33-28(30-20-29-17-25(29)19-31(21-29)18-22-9-3-1-4-10-22)32-16-15-23-11-7-8-14-26(23)27(32)24-12-5-2-6-13-24/h1-14,25,27H,15-21H2,(H,30,33). The van der Waals surface area contributed by atoms with E-state index in [0.29, 0.717) is 5.92 Å². The molecule has 1 N–H and O–H groups in total. The van der Waals surface area contributed by atoms with Gasteiger partial charge in [0, 0.05) is 38.1 Å². The maximum absolute atomic E-state index is 13.5. The van der Waals surface area contributed by atoms with Crippen LogP contribution in [0.15, 0.2) is 84.9 Å². The predicted molar refractivity (Wildman–Crippen MR) is 131 cm³/mol. The van der Waals surface area contributed by atoms with E-state index in [1.54, 1.807) is 0 Å². The lowest BCUT2D eigenvalue weighted by atomic mass is 9.88. The summed E-state index contributed by atoms with van der Waals surface area (Å²) >= 11 is 0. The second-order valence-corrected chi connectivity index (χ2v) is 10.0. The first-order valence-corrected chi connectivity index (χ1v) is 12.2. The van der Waals surface area contributed by atoms with Crippen LogP contribution in [0.25, 0.3) is 0 Å². The van der Waals surface area contributed by atoms with Gasteiger partial charge in [-0.1, -0.05) is 84.9 Å². The van der Waals surface area contributed by atoms with Crippen LogP contribution in [-0.2, 0) is 13.0 Å². The lowest BCUT2D eigenvalue weighted by Gasteiger charge is -2.38. The van der Waals surface area contributed by atoms with Crippen molar-refractivity contribution < 1.29 is 4.79 Å². The third-order valence-electron chi connectivity index (χ3n) is 7.88. The van der Waals surface area contributed by atoms with Gasteiger partial charge in [0.2, 0.25) is 0 Å². The number of benzene rings is 3. The molecule has 168 valence electrons. The Bertz CT molecular complexity index is 1130. The number of likely N-dealkylation sites (tertiary alicyclic amines) is 1. The Morgan fingerprint density at radius 2 is 1.67 bits per heavy atom. The Balaban J connectivity index is 1.14. The Labute approximate surface area is 196 Å². The van der Waals surface area contributed by atoms with Crippen LogP contribution in [-0.4, -0.2) is 42.0 Å². The molecule has 0 spiro atoms. The fraction of sp³-hybridized carbons (Fsp3) is 0.345. The lowest BCUT2D eigenvalue weighted by molar-refractivity contribution is 0.176. The number of carbonyl (C=O) groups is 1. The number of urea groups is 1. The van der Waals surface area contributed by atoms with Crippen LogP contribution < -0.4 is 5.32 Å². The number of rotatable bonds is 5. The van der Waals surface area contributed by atoms with Crippen molar-refractivity contribution in [2.24, 2.45) is 11.3 Å². The zero-order valence-electron chi connectivity index (χ0n) is 19.0. The van der Waals surface area contributed by atoms with Crippen molar-refractivity contribution in [3.05, 3.63) is 107 Å². The van der Waals surface area contributed by atoms with Gasteiger partial charge in [0.05, 0.1) is 6.04 Å². The topological polar surface area (TPSA) is 35.6 Å². The predicted octanol–water partition coefficient (Wildman–Crippen LogP) is 4.87. The highest BCUT2D eigenvalue weighted by Gasteiger charge is 2.59. The van der Waals surface area contributed by atoms with E-state index in [2.05, 4.69) is 89.1 Å². The molecule has 3 aromatic carbocycles. The molecule has 0 aromatic heterocycles. The van der Waals surface area contributed by atoms with Gasteiger partial charge in [-0.2, -0.15) is 0 Å². The molecule has 3 atom stereocenters. The smallest absolute Gasteiger partial charge is 0.318 e. The molecule has 1 saturated heterocycles. The van der Waals surface area contributed by atoms with Crippen LogP contribution in [0.1, 0.15) is 34.7 Å². The number of amides is 2. The molecule has 0 bridgehead atoms. The summed E-state index contributed by atoms with van der Waals surface area (Å²) in [7, 11) is 0. The van der Waals surface area contributed by atoms with Crippen molar-refractivity contribution in [1.29, 1.82) is 0 Å². The van der Waals surface area contributed by atoms with Crippen molar-refractivity contribution in [2.75, 3.05) is 26.2 Å². The summed E-state index contributed by atoms with van der Waals surface area (Å²) in [4.78, 5) is 18.1. The molecule has 0 radical (unpaired) electrons. The van der Waals surface area contributed by atoms with Gasteiger partial charge in [-0.3, -0.25) is 4.90 Å². The minimum absolute atomic E-state index is 0.0261. The quantitative estimate of drug-likeness (QED) is 0.618. The van der Waals surface area contributed by atoms with Gasteiger partial charge in [-0.05, 0) is 41.0 Å². The zero-order valence-corrected chi connectivity index (χ0v) is 19.0. The summed E-state index contributed by atoms with van der Waals surface area (Å²) in [6.07, 6.45) is 2.15. The van der Waals surface area contributed by atoms with Crippen LogP contribution in [0.5, 0.6) is 0 Å². The van der Waals surface area contributed by atoms with Crippen molar-refractivity contribution in [1.82, 2.24) is 15.1 Å². The molecule has 4 heteroatoms. The highest BCUT2D eigenvalue weighted by Crippen LogP contribution is 2.57. The maximum atomic E-state index is 13.5. The Morgan fingerprint density at radius 3 is 2.48 bits per heavy atom. The fourth-order valence-electron chi connectivity index (χ4n) is 6.07. The first-order chi connectivity index (χ1) is 16.2. The van der Waals surface area contributed by atoms with E-state index >= 15 is 0 Å². The fourth-order valence-corrected chi connectivity index (χ4v) is 6.07. The molecule has 4 nitrogen and oxygen atoms in total. The monoisotopic (exact) mass is 437 g/mol. The molecule has 2 fully saturated rings. The van der Waals surface area contributed by atoms with Gasteiger partial charge in [-0.25, -0.2) is 4.79 Å². The molecule has 3 aliphatic rings. The summed E-state index contributed by atoms with van der Waals surface area (Å²) in [6, 6.07) is 29.8. The minimum Gasteiger partial charge on any atom is -0.337 e. The van der Waals surface area contributed by atoms with Crippen LogP contribution in [0.3, 0.4) is 0 Å². The molecule has 3 unspecified atom stereocenters. The van der Waals surface area contributed by atoms with Crippen LogP contribution >= 0.6 is 0 Å². The maximum Gasteiger partial charge on any atom is 0.318 e. The van der Waals surface area contributed by atoms with Crippen molar-refractivity contribution in [3.63, 3.8) is 0 Å². The number of nitrogens with zero attached hydrogens (tertiary/aromatic N) is 2. The van der Waals surface area contributed by atoms with E-state index in [4.69, 9.17) is 0 Å². The van der Waals surface area contributed by atoms with Crippen LogP contribution in [0, 0.1) is 11.3 Å². The normalized spacial score (nSPS) is 25.9. The van der Waals surface area contributed by atoms with Gasteiger partial charge in [0.25, 0.3) is 0 Å². The third kappa shape index (κ3) is 3.93. The van der Waals surface area contributed by atoms with Crippen LogP contribution in [0.2, 0.25) is 0 Å². The number of hydrogen-bond donors (Lipinski definition) is 1. The number of fused-ring (bicyclic) bond motifs is 2. The van der Waals surface area contributed by atoms with E-state index < -0.39 is 0 Å². The summed E-state index contributed by atoms with van der Waals surface area (Å²) < 4.78 is 0. The summed E-state index contributed by atoms with van der Waals surface area (Å²) in [5, 5.41) is 3.35. The second kappa shape index (κ2) is 8.35. The van der Waals surface area contributed by atoms with Gasteiger partial charge in [0.15, 0.2) is 0 Å². The first kappa shape index (κ1) is 20.5. The molecular weight excluding hydrogens is 406 g/mol. The number of piperidine rings is 1. The molecule has 2 aliphatic heterocycles. The van der Waals surface area contributed by atoms with E-state index in [1.165, 1.54) is 28.7 Å².